The van der Waals surface area contributed by atoms with E-state index in [0.717, 1.165) is 34.4 Å². The van der Waals surface area contributed by atoms with Gasteiger partial charge in [0.1, 0.15) is 12.4 Å². The molecule has 1 aliphatic carbocycles. The van der Waals surface area contributed by atoms with Gasteiger partial charge in [0.2, 0.25) is 5.82 Å². The number of ether oxygens (including phenoxy) is 1. The Morgan fingerprint density at radius 1 is 1.13 bits per heavy atom. The first-order chi connectivity index (χ1) is 14.3. The maximum absolute atomic E-state index is 9.36. The molecule has 7 nitrogen and oxygen atoms in total. The van der Waals surface area contributed by atoms with Gasteiger partial charge < -0.3 is 25.2 Å². The quantitative estimate of drug-likeness (QED) is 0.529. The highest BCUT2D eigenvalue weighted by atomic mass is 32.1. The van der Waals surface area contributed by atoms with E-state index in [9.17, 15) is 10.2 Å². The Labute approximate surface area is 179 Å². The zero-order chi connectivity index (χ0) is 21.5. The summed E-state index contributed by atoms with van der Waals surface area (Å²) >= 11 is 1.73. The molecule has 0 radical (unpaired) electrons. The molecule has 4 rings (SSSR count). The molecule has 160 valence electrons. The van der Waals surface area contributed by atoms with Crippen LogP contribution in [-0.2, 0) is 12.8 Å². The Morgan fingerprint density at radius 2 is 1.80 bits per heavy atom. The Kier molecular flexibility index (Phi) is 5.67. The molecule has 3 aromatic rings. The van der Waals surface area contributed by atoms with Crippen molar-refractivity contribution in [2.24, 2.45) is 5.73 Å². The zero-order valence-corrected chi connectivity index (χ0v) is 18.3. The lowest BCUT2D eigenvalue weighted by Crippen LogP contribution is -2.52. The Balaban J connectivity index is 1.60. The molecular formula is C22H27N3O4S. The lowest BCUT2D eigenvalue weighted by molar-refractivity contribution is 0.0780. The van der Waals surface area contributed by atoms with Crippen LogP contribution in [0, 0.1) is 20.8 Å². The summed E-state index contributed by atoms with van der Waals surface area (Å²) in [6.45, 7) is 5.30. The fourth-order valence-corrected chi connectivity index (χ4v) is 5.10. The molecule has 1 aliphatic rings. The highest BCUT2D eigenvalue weighted by molar-refractivity contribution is 7.15. The molecular weight excluding hydrogens is 402 g/mol. The molecule has 0 spiro atoms. The normalized spacial score (nSPS) is 13.7. The standard InChI is InChI=1S/C22H27N3O4S/c1-12-7-15(8-13(2)18(12)28-11-22(23,9-26)10-27)20-24-21(29-25-20)19-17-6-4-5-16(17)14(3)30-19/h7-8,26-27H,4-6,9-11,23H2,1-3H3. The monoisotopic (exact) mass is 429 g/mol. The van der Waals surface area contributed by atoms with Crippen LogP contribution in [0.1, 0.15) is 33.6 Å². The third-order valence-electron chi connectivity index (χ3n) is 5.64. The molecule has 30 heavy (non-hydrogen) atoms. The van der Waals surface area contributed by atoms with Gasteiger partial charge in [-0.2, -0.15) is 4.98 Å². The predicted octanol–water partition coefficient (Wildman–Crippen LogP) is 2.94. The molecule has 2 heterocycles. The SMILES string of the molecule is Cc1cc(-c2noc(-c3sc(C)c4c3CCC4)n2)cc(C)c1OCC(N)(CO)CO. The number of nitrogens with two attached hydrogens (primary N) is 1. The van der Waals surface area contributed by atoms with Gasteiger partial charge in [-0.05, 0) is 74.4 Å². The van der Waals surface area contributed by atoms with Gasteiger partial charge in [-0.3, -0.25) is 0 Å². The first kappa shape index (κ1) is 21.0. The van der Waals surface area contributed by atoms with Crippen LogP contribution < -0.4 is 10.5 Å². The third-order valence-corrected chi connectivity index (χ3v) is 6.82. The number of thiophene rings is 1. The predicted molar refractivity (Wildman–Crippen MR) is 116 cm³/mol. The third kappa shape index (κ3) is 3.76. The molecule has 0 fully saturated rings. The first-order valence-electron chi connectivity index (χ1n) is 10.1. The topological polar surface area (TPSA) is 115 Å². The van der Waals surface area contributed by atoms with Gasteiger partial charge in [0.25, 0.3) is 5.89 Å². The van der Waals surface area contributed by atoms with Crippen LogP contribution in [0.25, 0.3) is 22.2 Å². The number of fused-ring (bicyclic) bond motifs is 1. The van der Waals surface area contributed by atoms with Gasteiger partial charge in [-0.15, -0.1) is 11.3 Å². The van der Waals surface area contributed by atoms with Crippen LogP contribution in [0.4, 0.5) is 0 Å². The average Bonchev–Trinajstić information content (AvgIpc) is 3.45. The molecule has 0 atom stereocenters. The van der Waals surface area contributed by atoms with Crippen LogP contribution in [-0.4, -0.2) is 45.7 Å². The van der Waals surface area contributed by atoms with Crippen molar-refractivity contribution in [3.05, 3.63) is 39.3 Å². The molecule has 0 aliphatic heterocycles. The fraction of sp³-hybridized carbons (Fsp3) is 0.455. The van der Waals surface area contributed by atoms with Crippen molar-refractivity contribution in [3.63, 3.8) is 0 Å². The van der Waals surface area contributed by atoms with Crippen LogP contribution in [0.3, 0.4) is 0 Å². The van der Waals surface area contributed by atoms with Crippen molar-refractivity contribution >= 4 is 11.3 Å². The minimum absolute atomic E-state index is 0.0101. The smallest absolute Gasteiger partial charge is 0.268 e. The van der Waals surface area contributed by atoms with Gasteiger partial charge in [0.05, 0.1) is 23.6 Å². The van der Waals surface area contributed by atoms with E-state index in [1.165, 1.54) is 22.4 Å². The Morgan fingerprint density at radius 3 is 2.47 bits per heavy atom. The summed E-state index contributed by atoms with van der Waals surface area (Å²) in [4.78, 5) is 7.11. The number of nitrogens with zero attached hydrogens (tertiary/aromatic N) is 2. The van der Waals surface area contributed by atoms with E-state index in [2.05, 4.69) is 17.1 Å². The number of aryl methyl sites for hydroxylation is 3. The summed E-state index contributed by atoms with van der Waals surface area (Å²) in [6, 6.07) is 3.88. The van der Waals surface area contributed by atoms with Gasteiger partial charge in [-0.1, -0.05) is 5.16 Å². The van der Waals surface area contributed by atoms with E-state index in [4.69, 9.17) is 15.0 Å². The Hall–Kier alpha value is -2.26. The van der Waals surface area contributed by atoms with Crippen molar-refractivity contribution in [1.82, 2.24) is 10.1 Å². The lowest BCUT2D eigenvalue weighted by Gasteiger charge is -2.25. The van der Waals surface area contributed by atoms with E-state index >= 15 is 0 Å². The summed E-state index contributed by atoms with van der Waals surface area (Å²) in [6.07, 6.45) is 3.39. The van der Waals surface area contributed by atoms with Crippen LogP contribution >= 0.6 is 11.3 Å². The molecule has 4 N–H and O–H groups in total. The lowest BCUT2D eigenvalue weighted by atomic mass is 10.0. The van der Waals surface area contributed by atoms with E-state index in [1.54, 1.807) is 11.3 Å². The minimum Gasteiger partial charge on any atom is -0.491 e. The molecule has 0 saturated carbocycles. The number of hydrogen-bond acceptors (Lipinski definition) is 8. The summed E-state index contributed by atoms with van der Waals surface area (Å²) in [7, 11) is 0. The van der Waals surface area contributed by atoms with Gasteiger partial charge >= 0.3 is 0 Å². The second kappa shape index (κ2) is 8.11. The maximum Gasteiger partial charge on any atom is 0.268 e. The summed E-state index contributed by atoms with van der Waals surface area (Å²) in [5.74, 6) is 1.79. The maximum atomic E-state index is 9.36. The number of aromatic nitrogens is 2. The average molecular weight is 430 g/mol. The summed E-state index contributed by atoms with van der Waals surface area (Å²) in [5.41, 5.74) is 10.2. The van der Waals surface area contributed by atoms with Crippen LogP contribution in [0.2, 0.25) is 0 Å². The Bertz CT molecular complexity index is 1050. The highest BCUT2D eigenvalue weighted by Crippen LogP contribution is 2.41. The molecule has 2 aromatic heterocycles. The highest BCUT2D eigenvalue weighted by Gasteiger charge is 2.26. The number of hydrogen-bond donors (Lipinski definition) is 3. The number of aliphatic hydroxyl groups excluding tert-OH is 2. The molecule has 0 amide bonds. The second-order valence-corrected chi connectivity index (χ2v) is 9.35. The molecule has 0 unspecified atom stereocenters. The minimum atomic E-state index is -1.18. The van der Waals surface area contributed by atoms with Crippen LogP contribution in [0.5, 0.6) is 5.75 Å². The fourth-order valence-electron chi connectivity index (χ4n) is 3.93. The van der Waals surface area contributed by atoms with Crippen molar-refractivity contribution in [2.75, 3.05) is 19.8 Å². The summed E-state index contributed by atoms with van der Waals surface area (Å²) < 4.78 is 11.4. The van der Waals surface area contributed by atoms with E-state index < -0.39 is 5.54 Å². The van der Waals surface area contributed by atoms with Crippen LogP contribution in [0.15, 0.2) is 16.7 Å². The summed E-state index contributed by atoms with van der Waals surface area (Å²) in [5, 5.41) is 22.9. The molecule has 1 aromatic carbocycles. The second-order valence-electron chi connectivity index (χ2n) is 8.13. The van der Waals surface area contributed by atoms with Gasteiger partial charge in [0.15, 0.2) is 0 Å². The van der Waals surface area contributed by atoms with Crippen molar-refractivity contribution in [2.45, 2.75) is 45.6 Å². The molecule has 0 bridgehead atoms. The van der Waals surface area contributed by atoms with E-state index in [0.29, 0.717) is 17.5 Å². The van der Waals surface area contributed by atoms with Crippen molar-refractivity contribution < 1.29 is 19.5 Å². The zero-order valence-electron chi connectivity index (χ0n) is 17.5. The number of benzene rings is 1. The van der Waals surface area contributed by atoms with Gasteiger partial charge in [-0.25, -0.2) is 0 Å². The number of aliphatic hydroxyl groups is 2. The van der Waals surface area contributed by atoms with E-state index in [1.807, 2.05) is 26.0 Å². The van der Waals surface area contributed by atoms with Crippen molar-refractivity contribution in [1.29, 1.82) is 0 Å². The van der Waals surface area contributed by atoms with E-state index in [-0.39, 0.29) is 19.8 Å². The largest absolute Gasteiger partial charge is 0.491 e. The first-order valence-corrected chi connectivity index (χ1v) is 10.9. The van der Waals surface area contributed by atoms with Crippen molar-refractivity contribution in [3.8, 4) is 27.9 Å². The number of rotatable bonds is 7. The van der Waals surface area contributed by atoms with Gasteiger partial charge in [0, 0.05) is 10.4 Å². The molecule has 0 saturated heterocycles. The molecule has 8 heteroatoms.